The van der Waals surface area contributed by atoms with Crippen LogP contribution < -0.4 is 7.06 Å². The van der Waals surface area contributed by atoms with Crippen LogP contribution in [0.2, 0.25) is 0 Å². The van der Waals surface area contributed by atoms with Gasteiger partial charge in [0.1, 0.15) is 0 Å². The van der Waals surface area contributed by atoms with Crippen molar-refractivity contribution in [1.82, 2.24) is 7.06 Å². The van der Waals surface area contributed by atoms with Crippen LogP contribution in [-0.4, -0.2) is 18.7 Å². The topological polar surface area (TPSA) is 70.2 Å². The summed E-state index contributed by atoms with van der Waals surface area (Å²) in [7, 11) is 0. The Kier molecular flexibility index (Phi) is 3.06. The molecule has 24 heavy (non-hydrogen) atoms. The van der Waals surface area contributed by atoms with Gasteiger partial charge in [0, 0.05) is 0 Å². The fourth-order valence-electron chi connectivity index (χ4n) is 7.29. The molecule has 6 rings (SSSR count). The maximum atomic E-state index is 13.1. The molecule has 2 heterocycles. The van der Waals surface area contributed by atoms with Gasteiger partial charge in [-0.3, -0.25) is 0 Å². The van der Waals surface area contributed by atoms with Crippen molar-refractivity contribution in [2.45, 2.75) is 65.1 Å². The first-order chi connectivity index (χ1) is 11.4. The van der Waals surface area contributed by atoms with E-state index in [1.54, 1.807) is 0 Å². The number of fused-ring (bicyclic) bond motifs is 10. The first kappa shape index (κ1) is 15.9. The summed E-state index contributed by atoms with van der Waals surface area (Å²) in [5.41, 5.74) is -0.153. The molecule has 8 atom stereocenters. The number of halogens is 2. The molecular weight excluding hydrogens is 530 g/mol. The van der Waals surface area contributed by atoms with Crippen LogP contribution in [0.3, 0.4) is 0 Å². The van der Waals surface area contributed by atoms with Gasteiger partial charge in [-0.15, -0.1) is 0 Å². The second-order valence-electron chi connectivity index (χ2n) is 9.24. The Bertz CT molecular complexity index is 635. The molecule has 8 unspecified atom stereocenters. The van der Waals surface area contributed by atoms with Crippen LogP contribution in [0, 0.1) is 35.5 Å². The molecule has 4 aliphatic carbocycles. The molecule has 2 N–H and O–H groups in total. The monoisotopic (exact) mass is 556 g/mol. The van der Waals surface area contributed by atoms with E-state index in [2.05, 4.69) is 43.5 Å². The third-order valence-corrected chi connectivity index (χ3v) is 15.6. The molecule has 134 valence electrons. The molecule has 6 fully saturated rings. The van der Waals surface area contributed by atoms with Crippen molar-refractivity contribution in [1.29, 1.82) is 0 Å². The Labute approximate surface area is 165 Å². The predicted octanol–water partition coefficient (Wildman–Crippen LogP) is 3.77. The molecule has 0 aromatic heterocycles. The molecule has 0 radical (unpaired) electrons. The van der Waals surface area contributed by atoms with Gasteiger partial charge in [0.25, 0.3) is 0 Å². The number of hydrogen-bond acceptors (Lipinski definition) is 4. The van der Waals surface area contributed by atoms with Crippen LogP contribution in [0.5, 0.6) is 0 Å². The van der Waals surface area contributed by atoms with Crippen molar-refractivity contribution in [3.05, 3.63) is 0 Å². The summed E-state index contributed by atoms with van der Waals surface area (Å²) in [6.45, 7) is 4.32. The molecule has 0 aromatic carbocycles. The molecule has 0 aromatic rings. The van der Waals surface area contributed by atoms with Gasteiger partial charge < -0.3 is 0 Å². The van der Waals surface area contributed by atoms with Gasteiger partial charge >= 0.3 is 166 Å². The normalized spacial score (nSPS) is 55.0. The van der Waals surface area contributed by atoms with Gasteiger partial charge in [0.05, 0.1) is 0 Å². The van der Waals surface area contributed by atoms with E-state index >= 15 is 0 Å². The minimum atomic E-state index is -1.14. The SMILES string of the molecule is CCC1(OC(=O)C(C)(I)C23NI2N3)CC2CC1C1C3CCC(C3)C21. The number of alkyl halides is 2. The first-order valence-corrected chi connectivity index (χ1v) is 13.9. The van der Waals surface area contributed by atoms with Crippen LogP contribution in [0.25, 0.3) is 0 Å². The minimum absolute atomic E-state index is 0.0178. The Hall–Kier alpha value is 0.850. The Morgan fingerprint density at radius 1 is 1.25 bits per heavy atom. The second kappa shape index (κ2) is 4.63. The van der Waals surface area contributed by atoms with Crippen molar-refractivity contribution in [3.63, 3.8) is 0 Å². The fraction of sp³-hybridized carbons (Fsp3) is 0.944. The van der Waals surface area contributed by atoms with Crippen molar-refractivity contribution < 1.29 is 9.53 Å². The average molecular weight is 556 g/mol. The van der Waals surface area contributed by atoms with Gasteiger partial charge in [-0.1, -0.05) is 0 Å². The summed E-state index contributed by atoms with van der Waals surface area (Å²) in [5, 5.41) is 0. The van der Waals surface area contributed by atoms with Gasteiger partial charge in [0.2, 0.25) is 0 Å². The van der Waals surface area contributed by atoms with Crippen molar-refractivity contribution in [2.24, 2.45) is 35.5 Å². The summed E-state index contributed by atoms with van der Waals surface area (Å²) in [6, 6.07) is 0. The van der Waals surface area contributed by atoms with E-state index in [1.807, 2.05) is 0 Å². The third kappa shape index (κ3) is 1.71. The standard InChI is InChI=1S/C18H26I2N2O2/c1-3-17(24-15(23)16(2,19)18-20(21-18)22-18)8-11-7-12(17)14-10-5-4-9(6-10)13(11)14/h9-14,21-22H,3-8H2,1-2H3. The number of rotatable bonds is 4. The van der Waals surface area contributed by atoms with Crippen molar-refractivity contribution >= 4 is 48.9 Å². The van der Waals surface area contributed by atoms with Crippen LogP contribution in [0.4, 0.5) is 0 Å². The number of esters is 1. The van der Waals surface area contributed by atoms with E-state index in [4.69, 9.17) is 4.74 Å². The number of nitrogens with one attached hydrogen (secondary N) is 2. The second-order valence-corrected chi connectivity index (χ2v) is 15.7. The van der Waals surface area contributed by atoms with E-state index in [9.17, 15) is 4.79 Å². The first-order valence-electron chi connectivity index (χ1n) is 9.60. The van der Waals surface area contributed by atoms with E-state index in [0.29, 0.717) is 5.92 Å². The van der Waals surface area contributed by atoms with Crippen LogP contribution >= 0.6 is 43.0 Å². The maximum absolute atomic E-state index is 13.1. The van der Waals surface area contributed by atoms with E-state index in [-0.39, 0.29) is 15.2 Å². The summed E-state index contributed by atoms with van der Waals surface area (Å²) in [6.07, 6.45) is 7.88. The molecule has 4 bridgehead atoms. The van der Waals surface area contributed by atoms with Crippen LogP contribution in [0.15, 0.2) is 0 Å². The average Bonchev–Trinajstić information content (AvgIpc) is 3.12. The summed E-state index contributed by atoms with van der Waals surface area (Å²) < 4.78 is 13.0. The summed E-state index contributed by atoms with van der Waals surface area (Å²) in [4.78, 5) is 13.1. The number of ether oxygens (including phenoxy) is 1. The van der Waals surface area contributed by atoms with Gasteiger partial charge in [-0.2, -0.15) is 0 Å². The third-order valence-electron chi connectivity index (χ3n) is 8.48. The molecule has 0 spiro atoms. The molecule has 2 saturated heterocycles. The quantitative estimate of drug-likeness (QED) is 0.105. The van der Waals surface area contributed by atoms with Crippen LogP contribution in [-0.2, 0) is 9.53 Å². The Balaban J connectivity index is 1.28. The predicted molar refractivity (Wildman–Crippen MR) is 109 cm³/mol. The molecule has 0 amide bonds. The van der Waals surface area contributed by atoms with Crippen molar-refractivity contribution in [2.75, 3.05) is 0 Å². The van der Waals surface area contributed by atoms with Gasteiger partial charge in [-0.05, 0) is 0 Å². The molecule has 4 saturated carbocycles. The zero-order valence-corrected chi connectivity index (χ0v) is 18.6. The molecule has 4 nitrogen and oxygen atoms in total. The number of carbonyl (C=O) groups excluding carboxylic acids is 1. The number of carbonyl (C=O) groups is 1. The fourth-order valence-corrected chi connectivity index (χ4v) is 15.0. The summed E-state index contributed by atoms with van der Waals surface area (Å²) in [5.74, 6) is 5.32. The van der Waals surface area contributed by atoms with Gasteiger partial charge in [0.15, 0.2) is 0 Å². The van der Waals surface area contributed by atoms with Crippen molar-refractivity contribution in [3.8, 4) is 0 Å². The zero-order chi connectivity index (χ0) is 16.5. The Morgan fingerprint density at radius 3 is 2.54 bits per heavy atom. The molecule has 2 aliphatic heterocycles. The number of hydrogen-bond donors (Lipinski definition) is 2. The molecular formula is C18H26I2N2O2. The van der Waals surface area contributed by atoms with E-state index in [0.717, 1.165) is 42.4 Å². The van der Waals surface area contributed by atoms with E-state index in [1.165, 1.54) is 25.7 Å². The van der Waals surface area contributed by atoms with Gasteiger partial charge in [-0.25, -0.2) is 0 Å². The zero-order valence-electron chi connectivity index (χ0n) is 14.3. The van der Waals surface area contributed by atoms with E-state index < -0.39 is 23.8 Å². The summed E-state index contributed by atoms with van der Waals surface area (Å²) >= 11 is 1.21. The molecule has 6 heteroatoms. The van der Waals surface area contributed by atoms with Crippen LogP contribution in [0.1, 0.15) is 52.4 Å². The molecule has 6 aliphatic rings. The Morgan fingerprint density at radius 2 is 1.92 bits per heavy atom.